The molecule has 0 aliphatic rings. The lowest BCUT2D eigenvalue weighted by Gasteiger charge is -2.11. The summed E-state index contributed by atoms with van der Waals surface area (Å²) in [6.07, 6.45) is 2.54. The third-order valence-electron chi connectivity index (χ3n) is 3.25. The first-order valence-electron chi connectivity index (χ1n) is 6.69. The molecule has 0 spiro atoms. The summed E-state index contributed by atoms with van der Waals surface area (Å²) in [4.78, 5) is 22.9. The monoisotopic (exact) mass is 303 g/mol. The van der Waals surface area contributed by atoms with E-state index in [1.807, 2.05) is 13.1 Å². The van der Waals surface area contributed by atoms with Crippen LogP contribution in [0.1, 0.15) is 22.5 Å². The number of aromatic carboxylic acids is 1. The number of ether oxygens (including phenoxy) is 1. The lowest BCUT2D eigenvalue weighted by atomic mass is 10.1. The number of carbonyl (C=O) groups is 2. The van der Waals surface area contributed by atoms with Crippen molar-refractivity contribution in [2.24, 2.45) is 7.05 Å². The quantitative estimate of drug-likeness (QED) is 0.847. The number of amides is 1. The maximum atomic E-state index is 12.0. The van der Waals surface area contributed by atoms with Crippen molar-refractivity contribution in [3.05, 3.63) is 41.7 Å². The summed E-state index contributed by atoms with van der Waals surface area (Å²) in [5.74, 6) is -0.913. The Morgan fingerprint density at radius 1 is 1.36 bits per heavy atom. The summed E-state index contributed by atoms with van der Waals surface area (Å²) in [6, 6.07) is 6.17. The van der Waals surface area contributed by atoms with E-state index in [9.17, 15) is 9.59 Å². The number of carboxylic acids is 1. The predicted octanol–water partition coefficient (Wildman–Crippen LogP) is 1.70. The van der Waals surface area contributed by atoms with Crippen molar-refractivity contribution in [2.45, 2.75) is 12.8 Å². The zero-order valence-corrected chi connectivity index (χ0v) is 12.4. The molecule has 0 aliphatic carbocycles. The molecule has 0 saturated heterocycles. The van der Waals surface area contributed by atoms with Crippen molar-refractivity contribution in [2.75, 3.05) is 12.4 Å². The molecule has 1 aromatic heterocycles. The van der Waals surface area contributed by atoms with E-state index in [1.54, 1.807) is 10.9 Å². The Bertz CT molecular complexity index is 694. The first-order valence-corrected chi connectivity index (χ1v) is 6.69. The Morgan fingerprint density at radius 2 is 2.14 bits per heavy atom. The fraction of sp³-hybridized carbons (Fsp3) is 0.267. The topological polar surface area (TPSA) is 93.4 Å². The molecule has 7 heteroatoms. The first-order chi connectivity index (χ1) is 10.5. The number of aryl methyl sites for hydroxylation is 2. The molecule has 0 aliphatic heterocycles. The minimum atomic E-state index is -1.05. The first kappa shape index (κ1) is 15.6. The molecule has 2 rings (SSSR count). The van der Waals surface area contributed by atoms with E-state index in [0.29, 0.717) is 24.3 Å². The fourth-order valence-electron chi connectivity index (χ4n) is 2.03. The molecule has 2 N–H and O–H groups in total. The van der Waals surface area contributed by atoms with Crippen LogP contribution in [-0.2, 0) is 18.3 Å². The predicted molar refractivity (Wildman–Crippen MR) is 80.1 cm³/mol. The van der Waals surface area contributed by atoms with Gasteiger partial charge in [0.2, 0.25) is 5.91 Å². The number of nitrogens with zero attached hydrogens (tertiary/aromatic N) is 2. The lowest BCUT2D eigenvalue weighted by Crippen LogP contribution is -2.14. The van der Waals surface area contributed by atoms with Crippen LogP contribution >= 0.6 is 0 Å². The number of hydrogen-bond acceptors (Lipinski definition) is 4. The molecule has 0 fully saturated rings. The van der Waals surface area contributed by atoms with Gasteiger partial charge in [-0.25, -0.2) is 4.79 Å². The van der Waals surface area contributed by atoms with Crippen LogP contribution in [0.15, 0.2) is 30.5 Å². The van der Waals surface area contributed by atoms with E-state index in [0.717, 1.165) is 5.69 Å². The Balaban J connectivity index is 2.02. The molecule has 7 nitrogen and oxygen atoms in total. The highest BCUT2D eigenvalue weighted by Gasteiger charge is 2.12. The van der Waals surface area contributed by atoms with E-state index in [2.05, 4.69) is 10.4 Å². The van der Waals surface area contributed by atoms with E-state index in [1.165, 1.54) is 25.3 Å². The molecular formula is C15H17N3O4. The van der Waals surface area contributed by atoms with Gasteiger partial charge in [0.25, 0.3) is 0 Å². The second-order valence-corrected chi connectivity index (χ2v) is 4.71. The smallest absolute Gasteiger partial charge is 0.335 e. The SMILES string of the molecule is COc1cc(C(=O)O)ccc1NC(=O)CCc1ccnn1C. The van der Waals surface area contributed by atoms with Gasteiger partial charge in [0.15, 0.2) is 0 Å². The highest BCUT2D eigenvalue weighted by Crippen LogP contribution is 2.25. The Morgan fingerprint density at radius 3 is 2.73 bits per heavy atom. The zero-order valence-electron chi connectivity index (χ0n) is 12.4. The fourth-order valence-corrected chi connectivity index (χ4v) is 2.03. The van der Waals surface area contributed by atoms with Gasteiger partial charge in [-0.1, -0.05) is 0 Å². The zero-order chi connectivity index (χ0) is 16.1. The normalized spacial score (nSPS) is 10.3. The van der Waals surface area contributed by atoms with Gasteiger partial charge in [-0.05, 0) is 30.7 Å². The molecule has 1 aromatic carbocycles. The molecule has 116 valence electrons. The van der Waals surface area contributed by atoms with Crippen LogP contribution in [0.5, 0.6) is 5.75 Å². The van der Waals surface area contributed by atoms with Crippen LogP contribution in [0.25, 0.3) is 0 Å². The van der Waals surface area contributed by atoms with E-state index >= 15 is 0 Å². The molecule has 0 bridgehead atoms. The van der Waals surface area contributed by atoms with Crippen molar-refractivity contribution < 1.29 is 19.4 Å². The van der Waals surface area contributed by atoms with Gasteiger partial charge < -0.3 is 15.2 Å². The highest BCUT2D eigenvalue weighted by atomic mass is 16.5. The lowest BCUT2D eigenvalue weighted by molar-refractivity contribution is -0.116. The van der Waals surface area contributed by atoms with Gasteiger partial charge in [0.1, 0.15) is 5.75 Å². The van der Waals surface area contributed by atoms with Crippen LogP contribution in [0.2, 0.25) is 0 Å². The van der Waals surface area contributed by atoms with Gasteiger partial charge in [-0.15, -0.1) is 0 Å². The number of nitrogens with one attached hydrogen (secondary N) is 1. The number of methoxy groups -OCH3 is 1. The minimum Gasteiger partial charge on any atom is -0.495 e. The third-order valence-corrected chi connectivity index (χ3v) is 3.25. The van der Waals surface area contributed by atoms with Crippen molar-refractivity contribution in [3.63, 3.8) is 0 Å². The van der Waals surface area contributed by atoms with Gasteiger partial charge in [0.05, 0.1) is 18.4 Å². The number of rotatable bonds is 6. The average Bonchev–Trinajstić information content (AvgIpc) is 2.90. The molecule has 0 atom stereocenters. The largest absolute Gasteiger partial charge is 0.495 e. The van der Waals surface area contributed by atoms with Crippen LogP contribution in [0.3, 0.4) is 0 Å². The maximum absolute atomic E-state index is 12.0. The van der Waals surface area contributed by atoms with Crippen molar-refractivity contribution in [1.82, 2.24) is 9.78 Å². The number of hydrogen-bond donors (Lipinski definition) is 2. The standard InChI is InChI=1S/C15H17N3O4/c1-18-11(7-8-16-18)4-6-14(19)17-12-5-3-10(15(20)21)9-13(12)22-2/h3,5,7-9H,4,6H2,1-2H3,(H,17,19)(H,20,21). The van der Waals surface area contributed by atoms with Crippen molar-refractivity contribution in [3.8, 4) is 5.75 Å². The van der Waals surface area contributed by atoms with Crippen LogP contribution in [0, 0.1) is 0 Å². The molecule has 0 saturated carbocycles. The van der Waals surface area contributed by atoms with Crippen molar-refractivity contribution >= 4 is 17.6 Å². The van der Waals surface area contributed by atoms with Crippen LogP contribution < -0.4 is 10.1 Å². The summed E-state index contributed by atoms with van der Waals surface area (Å²) in [6.45, 7) is 0. The third kappa shape index (κ3) is 3.63. The maximum Gasteiger partial charge on any atom is 0.335 e. The van der Waals surface area contributed by atoms with Gasteiger partial charge >= 0.3 is 5.97 Å². The molecule has 1 heterocycles. The van der Waals surface area contributed by atoms with Crippen molar-refractivity contribution in [1.29, 1.82) is 0 Å². The number of benzene rings is 1. The highest BCUT2D eigenvalue weighted by molar-refractivity contribution is 5.94. The Hall–Kier alpha value is -2.83. The van der Waals surface area contributed by atoms with E-state index in [-0.39, 0.29) is 11.5 Å². The Kier molecular flexibility index (Phi) is 4.77. The van der Waals surface area contributed by atoms with E-state index < -0.39 is 5.97 Å². The number of aromatic nitrogens is 2. The minimum absolute atomic E-state index is 0.102. The second kappa shape index (κ2) is 6.75. The summed E-state index contributed by atoms with van der Waals surface area (Å²) < 4.78 is 6.83. The second-order valence-electron chi connectivity index (χ2n) is 4.71. The molecule has 1 amide bonds. The van der Waals surface area contributed by atoms with Gasteiger partial charge in [-0.2, -0.15) is 5.10 Å². The number of carboxylic acid groups (broad SMARTS) is 1. The molecule has 0 unspecified atom stereocenters. The molecule has 22 heavy (non-hydrogen) atoms. The number of carbonyl (C=O) groups excluding carboxylic acids is 1. The summed E-state index contributed by atoms with van der Waals surface area (Å²) in [5.41, 5.74) is 1.51. The summed E-state index contributed by atoms with van der Waals surface area (Å²) in [5, 5.41) is 15.7. The average molecular weight is 303 g/mol. The Labute approximate surface area is 127 Å². The molecular weight excluding hydrogens is 286 g/mol. The van der Waals surface area contributed by atoms with Crippen LogP contribution in [0.4, 0.5) is 5.69 Å². The van der Waals surface area contributed by atoms with E-state index in [4.69, 9.17) is 9.84 Å². The van der Waals surface area contributed by atoms with Gasteiger partial charge in [0, 0.05) is 25.4 Å². The molecule has 0 radical (unpaired) electrons. The summed E-state index contributed by atoms with van der Waals surface area (Å²) >= 11 is 0. The van der Waals surface area contributed by atoms with Crippen LogP contribution in [-0.4, -0.2) is 33.9 Å². The van der Waals surface area contributed by atoms with Gasteiger partial charge in [-0.3, -0.25) is 9.48 Å². The molecule has 2 aromatic rings. The number of anilines is 1. The summed E-state index contributed by atoms with van der Waals surface area (Å²) in [7, 11) is 3.24.